The van der Waals surface area contributed by atoms with Crippen LogP contribution >= 0.6 is 35.4 Å². The minimum atomic E-state index is -0.303. The highest BCUT2D eigenvalue weighted by Gasteiger charge is 2.42. The minimum Gasteiger partial charge on any atom is -0.459 e. The molecule has 1 aliphatic heterocycles. The maximum absolute atomic E-state index is 6.49. The predicted molar refractivity (Wildman–Crippen MR) is 160 cm³/mol. The van der Waals surface area contributed by atoms with Gasteiger partial charge < -0.3 is 19.4 Å². The van der Waals surface area contributed by atoms with Crippen molar-refractivity contribution in [2.45, 2.75) is 19.0 Å². The van der Waals surface area contributed by atoms with Gasteiger partial charge in [-0.15, -0.1) is 0 Å². The number of furan rings is 1. The maximum Gasteiger partial charge on any atom is 0.174 e. The van der Waals surface area contributed by atoms with E-state index in [-0.39, 0.29) is 12.1 Å². The van der Waals surface area contributed by atoms with Gasteiger partial charge in [-0.05, 0) is 91.4 Å². The Morgan fingerprint density at radius 1 is 0.897 bits per heavy atom. The molecule has 0 saturated carbocycles. The fourth-order valence-corrected chi connectivity index (χ4v) is 5.48. The summed E-state index contributed by atoms with van der Waals surface area (Å²) in [5, 5.41) is 4.94. The average Bonchev–Trinajstić information content (AvgIpc) is 3.57. The lowest BCUT2D eigenvalue weighted by Gasteiger charge is -2.26. The van der Waals surface area contributed by atoms with Crippen molar-refractivity contribution in [2.24, 2.45) is 0 Å². The number of aryl methyl sites for hydroxylation is 1. The van der Waals surface area contributed by atoms with Crippen LogP contribution in [0.3, 0.4) is 0 Å². The zero-order valence-corrected chi connectivity index (χ0v) is 23.2. The van der Waals surface area contributed by atoms with Gasteiger partial charge in [0.25, 0.3) is 0 Å². The molecule has 0 aliphatic carbocycles. The molecule has 2 atom stereocenters. The van der Waals surface area contributed by atoms with Crippen LogP contribution in [-0.4, -0.2) is 10.1 Å². The van der Waals surface area contributed by atoms with Crippen LogP contribution in [0.1, 0.15) is 29.1 Å². The van der Waals surface area contributed by atoms with Gasteiger partial charge in [0.2, 0.25) is 0 Å². The molecule has 1 fully saturated rings. The number of nitrogens with zero attached hydrogens (tertiary/aromatic N) is 2. The zero-order valence-electron chi connectivity index (χ0n) is 20.8. The summed E-state index contributed by atoms with van der Waals surface area (Å²) >= 11 is 18.6. The first-order valence-electron chi connectivity index (χ1n) is 12.4. The van der Waals surface area contributed by atoms with Gasteiger partial charge in [0, 0.05) is 17.4 Å². The summed E-state index contributed by atoms with van der Waals surface area (Å²) in [6.45, 7) is 2.02. The molecule has 0 amide bonds. The summed E-state index contributed by atoms with van der Waals surface area (Å²) < 4.78 is 12.5. The van der Waals surface area contributed by atoms with Gasteiger partial charge in [0.15, 0.2) is 5.11 Å². The lowest BCUT2D eigenvalue weighted by atomic mass is 10.0. The first-order chi connectivity index (χ1) is 19.0. The Balaban J connectivity index is 1.37. The molecule has 0 bridgehead atoms. The van der Waals surface area contributed by atoms with E-state index in [0.717, 1.165) is 34.0 Å². The number of thiocarbonyl (C=S) groups is 1. The number of pyridine rings is 1. The van der Waals surface area contributed by atoms with Crippen molar-refractivity contribution in [3.63, 3.8) is 0 Å². The van der Waals surface area contributed by atoms with Crippen molar-refractivity contribution >= 4 is 46.2 Å². The van der Waals surface area contributed by atoms with E-state index in [1.54, 1.807) is 12.3 Å². The molecule has 3 heterocycles. The summed E-state index contributed by atoms with van der Waals surface area (Å²) in [6, 6.07) is 30.4. The van der Waals surface area contributed by atoms with E-state index in [1.165, 1.54) is 0 Å². The SMILES string of the molecule is Cc1ccccc1Oc1ccc(N2C(=S)N[C@H](c3ccccn3)[C@@H]2c2ccc(-c3cccc(Cl)c3Cl)o2)cc1. The molecule has 6 rings (SSSR count). The van der Waals surface area contributed by atoms with E-state index in [2.05, 4.69) is 15.2 Å². The Kier molecular flexibility index (Phi) is 7.00. The van der Waals surface area contributed by atoms with Gasteiger partial charge in [-0.1, -0.05) is 53.5 Å². The van der Waals surface area contributed by atoms with E-state index in [0.29, 0.717) is 26.7 Å². The van der Waals surface area contributed by atoms with Crippen molar-refractivity contribution in [3.8, 4) is 22.8 Å². The van der Waals surface area contributed by atoms with Gasteiger partial charge in [0.05, 0.1) is 21.8 Å². The summed E-state index contributed by atoms with van der Waals surface area (Å²) in [4.78, 5) is 6.66. The summed E-state index contributed by atoms with van der Waals surface area (Å²) in [7, 11) is 0. The molecule has 3 aromatic carbocycles. The zero-order chi connectivity index (χ0) is 26.9. The number of hydrogen-bond acceptors (Lipinski definition) is 4. The molecule has 39 heavy (non-hydrogen) atoms. The van der Waals surface area contributed by atoms with Crippen molar-refractivity contribution < 1.29 is 9.15 Å². The fraction of sp³-hybridized carbons (Fsp3) is 0.0968. The highest BCUT2D eigenvalue weighted by atomic mass is 35.5. The lowest BCUT2D eigenvalue weighted by molar-refractivity contribution is 0.439. The maximum atomic E-state index is 6.49. The lowest BCUT2D eigenvalue weighted by Crippen LogP contribution is -2.29. The highest BCUT2D eigenvalue weighted by molar-refractivity contribution is 7.80. The molecule has 194 valence electrons. The van der Waals surface area contributed by atoms with E-state index in [4.69, 9.17) is 44.6 Å². The molecule has 5 nitrogen and oxygen atoms in total. The molecule has 5 aromatic rings. The van der Waals surface area contributed by atoms with Crippen molar-refractivity contribution in [2.75, 3.05) is 4.90 Å². The first-order valence-corrected chi connectivity index (χ1v) is 13.5. The number of hydrogen-bond donors (Lipinski definition) is 1. The number of aromatic nitrogens is 1. The van der Waals surface area contributed by atoms with Crippen molar-refractivity contribution in [3.05, 3.63) is 130 Å². The van der Waals surface area contributed by atoms with Gasteiger partial charge in [-0.2, -0.15) is 0 Å². The van der Waals surface area contributed by atoms with Gasteiger partial charge in [0.1, 0.15) is 29.1 Å². The second-order valence-corrected chi connectivity index (χ2v) is 10.3. The van der Waals surface area contributed by atoms with E-state index >= 15 is 0 Å². The van der Waals surface area contributed by atoms with Crippen molar-refractivity contribution in [1.82, 2.24) is 10.3 Å². The van der Waals surface area contributed by atoms with E-state index in [1.807, 2.05) is 97.9 Å². The molecule has 8 heteroatoms. The average molecular weight is 573 g/mol. The molecule has 0 unspecified atom stereocenters. The fourth-order valence-electron chi connectivity index (χ4n) is 4.75. The van der Waals surface area contributed by atoms with Crippen LogP contribution in [0.25, 0.3) is 11.3 Å². The number of anilines is 1. The third-order valence-electron chi connectivity index (χ3n) is 6.67. The van der Waals surface area contributed by atoms with Crippen molar-refractivity contribution in [1.29, 1.82) is 0 Å². The van der Waals surface area contributed by atoms with E-state index in [9.17, 15) is 0 Å². The Morgan fingerprint density at radius 2 is 1.69 bits per heavy atom. The summed E-state index contributed by atoms with van der Waals surface area (Å²) in [5.74, 6) is 2.89. The third-order valence-corrected chi connectivity index (χ3v) is 7.80. The summed E-state index contributed by atoms with van der Waals surface area (Å²) in [5.41, 5.74) is 3.54. The molecule has 0 spiro atoms. The number of nitrogens with one attached hydrogen (secondary N) is 1. The number of rotatable bonds is 6. The standard InChI is InChI=1S/C31H23Cl2N3O2S/c1-19-7-2-3-11-25(19)37-21-14-12-20(13-15-21)36-30(29(35-31(36)39)24-10-4-5-18-34-24)27-17-16-26(38-27)22-8-6-9-23(32)28(22)33/h2-18,29-30H,1H3,(H,35,39)/t29-,30+/m1/s1. The molecule has 1 N–H and O–H groups in total. The molecule has 0 radical (unpaired) electrons. The Morgan fingerprint density at radius 3 is 2.46 bits per heavy atom. The van der Waals surface area contributed by atoms with Crippen LogP contribution in [0.2, 0.25) is 10.0 Å². The smallest absolute Gasteiger partial charge is 0.174 e. The quantitative estimate of drug-likeness (QED) is 0.205. The number of benzene rings is 3. The minimum absolute atomic E-state index is 0.240. The van der Waals surface area contributed by atoms with Crippen LogP contribution < -0.4 is 15.0 Å². The topological polar surface area (TPSA) is 50.5 Å². The van der Waals surface area contributed by atoms with Gasteiger partial charge in [-0.3, -0.25) is 4.98 Å². The summed E-state index contributed by atoms with van der Waals surface area (Å²) in [6.07, 6.45) is 1.77. The van der Waals surface area contributed by atoms with E-state index < -0.39 is 0 Å². The van der Waals surface area contributed by atoms with Gasteiger partial charge >= 0.3 is 0 Å². The van der Waals surface area contributed by atoms with Crippen LogP contribution in [0.5, 0.6) is 11.5 Å². The Bertz CT molecular complexity index is 1640. The van der Waals surface area contributed by atoms with Crippen LogP contribution in [0.4, 0.5) is 5.69 Å². The monoisotopic (exact) mass is 571 g/mol. The van der Waals surface area contributed by atoms with Gasteiger partial charge in [-0.25, -0.2) is 0 Å². The third kappa shape index (κ3) is 4.99. The first kappa shape index (κ1) is 25.4. The Hall–Kier alpha value is -3.84. The second kappa shape index (κ2) is 10.7. The molecule has 1 saturated heterocycles. The normalized spacial score (nSPS) is 16.8. The predicted octanol–water partition coefficient (Wildman–Crippen LogP) is 8.93. The molecule has 1 aliphatic rings. The number of halogens is 2. The molecular weight excluding hydrogens is 549 g/mol. The van der Waals surface area contributed by atoms with Crippen LogP contribution in [0, 0.1) is 6.92 Å². The molecular formula is C31H23Cl2N3O2S. The second-order valence-electron chi connectivity index (χ2n) is 9.16. The van der Waals surface area contributed by atoms with Crippen LogP contribution in [0.15, 0.2) is 108 Å². The number of ether oxygens (including phenoxy) is 1. The largest absolute Gasteiger partial charge is 0.459 e. The van der Waals surface area contributed by atoms with Crippen LogP contribution in [-0.2, 0) is 0 Å². The highest BCUT2D eigenvalue weighted by Crippen LogP contribution is 2.44. The number of para-hydroxylation sites is 1. The molecule has 2 aromatic heterocycles. The Labute approximate surface area is 242 Å².